The molecule has 2 rings (SSSR count). The van der Waals surface area contributed by atoms with Crippen molar-refractivity contribution in [2.75, 3.05) is 0 Å². The molecule has 0 spiro atoms. The van der Waals surface area contributed by atoms with Crippen LogP contribution in [0.5, 0.6) is 0 Å². The van der Waals surface area contributed by atoms with Crippen molar-refractivity contribution in [2.45, 2.75) is 69.7 Å². The van der Waals surface area contributed by atoms with Crippen molar-refractivity contribution < 1.29 is 23.1 Å². The van der Waals surface area contributed by atoms with Gasteiger partial charge in [-0.2, -0.15) is 13.2 Å². The zero-order chi connectivity index (χ0) is 17.1. The SMILES string of the molecule is Cc1csc(C(O)(CC(=O)NC2CCCCCC2)C(F)(F)F)n1. The van der Waals surface area contributed by atoms with Crippen LogP contribution in [-0.4, -0.2) is 28.2 Å². The summed E-state index contributed by atoms with van der Waals surface area (Å²) < 4.78 is 40.0. The Hall–Kier alpha value is -1.15. The predicted molar refractivity (Wildman–Crippen MR) is 81.1 cm³/mol. The maximum atomic E-state index is 13.3. The molecule has 1 atom stereocenters. The fourth-order valence-corrected chi connectivity index (χ4v) is 3.69. The molecule has 1 saturated carbocycles. The van der Waals surface area contributed by atoms with Crippen molar-refractivity contribution in [3.63, 3.8) is 0 Å². The van der Waals surface area contributed by atoms with Gasteiger partial charge in [-0.05, 0) is 19.8 Å². The van der Waals surface area contributed by atoms with Crippen molar-refractivity contribution in [1.29, 1.82) is 0 Å². The van der Waals surface area contributed by atoms with E-state index in [0.717, 1.165) is 38.5 Å². The van der Waals surface area contributed by atoms with E-state index in [4.69, 9.17) is 0 Å². The number of nitrogens with one attached hydrogen (secondary N) is 1. The summed E-state index contributed by atoms with van der Waals surface area (Å²) in [5, 5.41) is 13.7. The van der Waals surface area contributed by atoms with Crippen LogP contribution in [0.2, 0.25) is 0 Å². The average Bonchev–Trinajstić information content (AvgIpc) is 2.72. The van der Waals surface area contributed by atoms with Gasteiger partial charge in [0.05, 0.1) is 6.42 Å². The minimum Gasteiger partial charge on any atom is -0.374 e. The molecular formula is C15H21F3N2O2S. The van der Waals surface area contributed by atoms with Gasteiger partial charge in [-0.15, -0.1) is 11.3 Å². The topological polar surface area (TPSA) is 62.2 Å². The summed E-state index contributed by atoms with van der Waals surface area (Å²) >= 11 is 0.714. The number of aromatic nitrogens is 1. The second-order valence-electron chi connectivity index (χ2n) is 6.08. The maximum absolute atomic E-state index is 13.3. The van der Waals surface area contributed by atoms with Gasteiger partial charge in [-0.1, -0.05) is 25.7 Å². The highest BCUT2D eigenvalue weighted by Gasteiger charge is 2.58. The zero-order valence-electron chi connectivity index (χ0n) is 12.9. The minimum absolute atomic E-state index is 0.111. The first-order valence-electron chi connectivity index (χ1n) is 7.73. The number of nitrogens with zero attached hydrogens (tertiary/aromatic N) is 1. The molecule has 0 aliphatic heterocycles. The smallest absolute Gasteiger partial charge is 0.374 e. The van der Waals surface area contributed by atoms with Gasteiger partial charge in [0, 0.05) is 17.1 Å². The fourth-order valence-electron chi connectivity index (χ4n) is 2.78. The first-order chi connectivity index (χ1) is 10.7. The molecular weight excluding hydrogens is 329 g/mol. The zero-order valence-corrected chi connectivity index (χ0v) is 13.8. The van der Waals surface area contributed by atoms with Crippen LogP contribution < -0.4 is 5.32 Å². The summed E-state index contributed by atoms with van der Waals surface area (Å²) in [5.41, 5.74) is -2.85. The number of hydrogen-bond acceptors (Lipinski definition) is 4. The molecule has 1 aliphatic rings. The highest BCUT2D eigenvalue weighted by Crippen LogP contribution is 2.42. The van der Waals surface area contributed by atoms with Crippen molar-refractivity contribution in [3.8, 4) is 0 Å². The van der Waals surface area contributed by atoms with Gasteiger partial charge in [-0.3, -0.25) is 4.79 Å². The van der Waals surface area contributed by atoms with E-state index in [1.165, 1.54) is 5.38 Å². The molecule has 0 radical (unpaired) electrons. The average molecular weight is 350 g/mol. The Kier molecular flexibility index (Phi) is 5.67. The Balaban J connectivity index is 2.10. The molecule has 1 aliphatic carbocycles. The molecule has 0 bridgehead atoms. The molecule has 1 unspecified atom stereocenters. The lowest BCUT2D eigenvalue weighted by atomic mass is 9.98. The third kappa shape index (κ3) is 4.44. The lowest BCUT2D eigenvalue weighted by Gasteiger charge is -2.28. The number of carbonyl (C=O) groups excluding carboxylic acids is 1. The minimum atomic E-state index is -4.96. The number of halogens is 3. The molecule has 1 heterocycles. The normalized spacial score (nSPS) is 19.9. The van der Waals surface area contributed by atoms with Crippen molar-refractivity contribution >= 4 is 17.2 Å². The van der Waals surface area contributed by atoms with Crippen LogP contribution in [0, 0.1) is 6.92 Å². The number of hydrogen-bond donors (Lipinski definition) is 2. The summed E-state index contributed by atoms with van der Waals surface area (Å²) in [6, 6.07) is -0.111. The van der Waals surface area contributed by atoms with Crippen molar-refractivity contribution in [2.24, 2.45) is 0 Å². The van der Waals surface area contributed by atoms with Crippen LogP contribution in [0.3, 0.4) is 0 Å². The molecule has 0 aromatic carbocycles. The Bertz CT molecular complexity index is 539. The number of aryl methyl sites for hydroxylation is 1. The van der Waals surface area contributed by atoms with E-state index >= 15 is 0 Å². The maximum Gasteiger partial charge on any atom is 0.424 e. The van der Waals surface area contributed by atoms with Gasteiger partial charge in [0.2, 0.25) is 11.5 Å². The number of rotatable bonds is 4. The third-order valence-electron chi connectivity index (χ3n) is 4.08. The molecule has 1 aromatic heterocycles. The standard InChI is InChI=1S/C15H21F3N2O2S/c1-10-9-23-13(19-10)14(22,15(16,17)18)8-12(21)20-11-6-4-2-3-5-7-11/h9,11,22H,2-8H2,1H3,(H,20,21). The molecule has 23 heavy (non-hydrogen) atoms. The quantitative estimate of drug-likeness (QED) is 0.818. The largest absolute Gasteiger partial charge is 0.424 e. The van der Waals surface area contributed by atoms with E-state index in [1.54, 1.807) is 6.92 Å². The molecule has 1 aromatic rings. The van der Waals surface area contributed by atoms with Crippen LogP contribution >= 0.6 is 11.3 Å². The van der Waals surface area contributed by atoms with Crippen LogP contribution in [0.25, 0.3) is 0 Å². The second-order valence-corrected chi connectivity index (χ2v) is 6.94. The molecule has 4 nitrogen and oxygen atoms in total. The van der Waals surface area contributed by atoms with Gasteiger partial charge in [0.25, 0.3) is 0 Å². The number of thiazole rings is 1. The van der Waals surface area contributed by atoms with E-state index in [1.807, 2.05) is 0 Å². The van der Waals surface area contributed by atoms with Gasteiger partial charge >= 0.3 is 6.18 Å². The Morgan fingerprint density at radius 3 is 2.43 bits per heavy atom. The lowest BCUT2D eigenvalue weighted by Crippen LogP contribution is -2.47. The first-order valence-corrected chi connectivity index (χ1v) is 8.61. The summed E-state index contributed by atoms with van der Waals surface area (Å²) in [6.07, 6.45) is -0.397. The van der Waals surface area contributed by atoms with E-state index in [-0.39, 0.29) is 6.04 Å². The van der Waals surface area contributed by atoms with Crippen LogP contribution in [0.4, 0.5) is 13.2 Å². The molecule has 0 saturated heterocycles. The van der Waals surface area contributed by atoms with E-state index < -0.39 is 29.1 Å². The summed E-state index contributed by atoms with van der Waals surface area (Å²) in [4.78, 5) is 15.8. The number of carbonyl (C=O) groups is 1. The van der Waals surface area contributed by atoms with Crippen LogP contribution in [0.1, 0.15) is 55.6 Å². The first kappa shape index (κ1) is 18.2. The summed E-state index contributed by atoms with van der Waals surface area (Å²) in [6.45, 7) is 1.54. The van der Waals surface area contributed by atoms with E-state index in [0.29, 0.717) is 17.0 Å². The fraction of sp³-hybridized carbons (Fsp3) is 0.733. The monoisotopic (exact) mass is 350 g/mol. The highest BCUT2D eigenvalue weighted by molar-refractivity contribution is 7.09. The Morgan fingerprint density at radius 2 is 1.96 bits per heavy atom. The number of aliphatic hydroxyl groups is 1. The summed E-state index contributed by atoms with van der Waals surface area (Å²) in [5.74, 6) is -0.787. The highest BCUT2D eigenvalue weighted by atomic mass is 32.1. The number of amides is 1. The van der Waals surface area contributed by atoms with Crippen LogP contribution in [-0.2, 0) is 10.4 Å². The van der Waals surface area contributed by atoms with Gasteiger partial charge in [0.15, 0.2) is 0 Å². The Morgan fingerprint density at radius 1 is 1.35 bits per heavy atom. The van der Waals surface area contributed by atoms with Gasteiger partial charge in [0.1, 0.15) is 5.01 Å². The van der Waals surface area contributed by atoms with Crippen molar-refractivity contribution in [3.05, 3.63) is 16.1 Å². The molecule has 1 fully saturated rings. The predicted octanol–water partition coefficient (Wildman–Crippen LogP) is 3.43. The third-order valence-corrected chi connectivity index (χ3v) is 5.19. The molecule has 8 heteroatoms. The lowest BCUT2D eigenvalue weighted by molar-refractivity contribution is -0.267. The van der Waals surface area contributed by atoms with Gasteiger partial charge in [-0.25, -0.2) is 4.98 Å². The number of alkyl halides is 3. The Labute approximate surface area is 137 Å². The molecule has 1 amide bonds. The van der Waals surface area contributed by atoms with E-state index in [9.17, 15) is 23.1 Å². The summed E-state index contributed by atoms with van der Waals surface area (Å²) in [7, 11) is 0. The van der Waals surface area contributed by atoms with Crippen molar-refractivity contribution in [1.82, 2.24) is 10.3 Å². The van der Waals surface area contributed by atoms with E-state index in [2.05, 4.69) is 10.3 Å². The molecule has 2 N–H and O–H groups in total. The van der Waals surface area contributed by atoms with Crippen LogP contribution in [0.15, 0.2) is 5.38 Å². The molecule has 130 valence electrons. The second kappa shape index (κ2) is 7.17. The van der Waals surface area contributed by atoms with Gasteiger partial charge < -0.3 is 10.4 Å².